The highest BCUT2D eigenvalue weighted by Crippen LogP contribution is 2.27. The third-order valence-corrected chi connectivity index (χ3v) is 5.01. The van der Waals surface area contributed by atoms with Crippen molar-refractivity contribution in [3.63, 3.8) is 0 Å². The van der Waals surface area contributed by atoms with E-state index in [0.29, 0.717) is 12.0 Å². The minimum absolute atomic E-state index is 0. The third kappa shape index (κ3) is 3.83. The molecule has 0 spiro atoms. The van der Waals surface area contributed by atoms with Crippen LogP contribution in [0.4, 0.5) is 0 Å². The summed E-state index contributed by atoms with van der Waals surface area (Å²) in [7, 11) is 0. The van der Waals surface area contributed by atoms with E-state index in [-0.39, 0.29) is 12.4 Å². The zero-order valence-electron chi connectivity index (χ0n) is 12.5. The van der Waals surface area contributed by atoms with Gasteiger partial charge < -0.3 is 5.73 Å². The lowest BCUT2D eigenvalue weighted by molar-refractivity contribution is 0.321. The molecular formula is C16H22ClN3S. The fourth-order valence-corrected chi connectivity index (χ4v) is 3.62. The average molecular weight is 324 g/mol. The number of rotatable bonds is 3. The summed E-state index contributed by atoms with van der Waals surface area (Å²) in [5.41, 5.74) is 8.57. The molecule has 0 amide bonds. The van der Waals surface area contributed by atoms with Gasteiger partial charge in [0.2, 0.25) is 0 Å². The molecule has 2 N–H and O–H groups in total. The van der Waals surface area contributed by atoms with Crippen LogP contribution in [0.25, 0.3) is 10.6 Å². The molecule has 3 rings (SSSR count). The lowest BCUT2D eigenvalue weighted by atomic mass is 10.1. The molecule has 2 atom stereocenters. The smallest absolute Gasteiger partial charge is 0.123 e. The number of hydrogen-bond acceptors (Lipinski definition) is 4. The largest absolute Gasteiger partial charge is 0.326 e. The number of hydrogen-bond donors (Lipinski definition) is 1. The van der Waals surface area contributed by atoms with E-state index >= 15 is 0 Å². The van der Waals surface area contributed by atoms with Gasteiger partial charge in [0.25, 0.3) is 0 Å². The van der Waals surface area contributed by atoms with Crippen molar-refractivity contribution in [2.24, 2.45) is 11.7 Å². The molecule has 21 heavy (non-hydrogen) atoms. The average Bonchev–Trinajstić information content (AvgIpc) is 2.99. The van der Waals surface area contributed by atoms with E-state index in [0.717, 1.165) is 24.6 Å². The molecule has 2 heterocycles. The lowest BCUT2D eigenvalue weighted by Crippen LogP contribution is -2.28. The first-order chi connectivity index (χ1) is 9.61. The predicted molar refractivity (Wildman–Crippen MR) is 92.0 cm³/mol. The summed E-state index contributed by atoms with van der Waals surface area (Å²) in [6, 6.07) is 8.88. The van der Waals surface area contributed by atoms with E-state index in [1.807, 2.05) is 6.20 Å². The molecular weight excluding hydrogens is 302 g/mol. The van der Waals surface area contributed by atoms with E-state index in [1.54, 1.807) is 11.3 Å². The number of aromatic nitrogens is 1. The normalized spacial score (nSPS) is 22.2. The van der Waals surface area contributed by atoms with Crippen molar-refractivity contribution < 1.29 is 0 Å². The Morgan fingerprint density at radius 1 is 1.29 bits per heavy atom. The SMILES string of the molecule is Cc1ccc(-c2ncc(CN3CC(C)C(N)C3)s2)cc1.Cl. The molecule has 1 fully saturated rings. The van der Waals surface area contributed by atoms with Gasteiger partial charge >= 0.3 is 0 Å². The highest BCUT2D eigenvalue weighted by Gasteiger charge is 2.26. The van der Waals surface area contributed by atoms with Crippen LogP contribution in [0.5, 0.6) is 0 Å². The zero-order valence-corrected chi connectivity index (χ0v) is 14.1. The number of thiazole rings is 1. The summed E-state index contributed by atoms with van der Waals surface area (Å²) in [6.45, 7) is 7.41. The second-order valence-electron chi connectivity index (χ2n) is 5.83. The van der Waals surface area contributed by atoms with Gasteiger partial charge in [-0.2, -0.15) is 0 Å². The van der Waals surface area contributed by atoms with Crippen LogP contribution in [-0.4, -0.2) is 29.0 Å². The molecule has 0 aliphatic carbocycles. The molecule has 0 bridgehead atoms. The standard InChI is InChI=1S/C16H21N3S.ClH/c1-11-3-5-13(6-4-11)16-18-7-14(20-16)9-19-8-12(2)15(17)10-19;/h3-7,12,15H,8-10,17H2,1-2H3;1H. The lowest BCUT2D eigenvalue weighted by Gasteiger charge is -2.12. The molecule has 0 saturated carbocycles. The highest BCUT2D eigenvalue weighted by molar-refractivity contribution is 7.15. The van der Waals surface area contributed by atoms with Crippen molar-refractivity contribution in [2.45, 2.75) is 26.4 Å². The van der Waals surface area contributed by atoms with Crippen LogP contribution in [0.3, 0.4) is 0 Å². The van der Waals surface area contributed by atoms with Crippen LogP contribution in [0.15, 0.2) is 30.5 Å². The molecule has 5 heteroatoms. The number of halogens is 1. The number of nitrogens with two attached hydrogens (primary N) is 1. The van der Waals surface area contributed by atoms with Gasteiger partial charge in [-0.25, -0.2) is 4.98 Å². The van der Waals surface area contributed by atoms with Crippen molar-refractivity contribution in [1.82, 2.24) is 9.88 Å². The van der Waals surface area contributed by atoms with Crippen LogP contribution < -0.4 is 5.73 Å². The topological polar surface area (TPSA) is 42.2 Å². The monoisotopic (exact) mass is 323 g/mol. The Bertz CT molecular complexity index is 571. The first-order valence-electron chi connectivity index (χ1n) is 7.11. The minimum Gasteiger partial charge on any atom is -0.326 e. The Hall–Kier alpha value is -0.940. The van der Waals surface area contributed by atoms with E-state index in [9.17, 15) is 0 Å². The number of nitrogens with zero attached hydrogens (tertiary/aromatic N) is 2. The van der Waals surface area contributed by atoms with Crippen molar-refractivity contribution in [3.8, 4) is 10.6 Å². The number of aryl methyl sites for hydroxylation is 1. The molecule has 114 valence electrons. The molecule has 3 nitrogen and oxygen atoms in total. The third-order valence-electron chi connectivity index (χ3n) is 3.98. The molecule has 0 radical (unpaired) electrons. The van der Waals surface area contributed by atoms with Gasteiger partial charge in [0.15, 0.2) is 0 Å². The van der Waals surface area contributed by atoms with Gasteiger partial charge in [-0.3, -0.25) is 4.90 Å². The summed E-state index contributed by atoms with van der Waals surface area (Å²) < 4.78 is 0. The second kappa shape index (κ2) is 6.88. The summed E-state index contributed by atoms with van der Waals surface area (Å²) >= 11 is 1.79. The Kier molecular flexibility index (Phi) is 5.38. The molecule has 2 unspecified atom stereocenters. The van der Waals surface area contributed by atoms with Gasteiger partial charge in [0.1, 0.15) is 5.01 Å². The quantitative estimate of drug-likeness (QED) is 0.942. The summed E-state index contributed by atoms with van der Waals surface area (Å²) in [4.78, 5) is 8.31. The molecule has 2 aromatic rings. The second-order valence-corrected chi connectivity index (χ2v) is 6.95. The highest BCUT2D eigenvalue weighted by atomic mass is 35.5. The van der Waals surface area contributed by atoms with E-state index in [2.05, 4.69) is 48.0 Å². The van der Waals surface area contributed by atoms with Crippen molar-refractivity contribution in [3.05, 3.63) is 40.9 Å². The van der Waals surface area contributed by atoms with Gasteiger partial charge in [-0.1, -0.05) is 36.8 Å². The summed E-state index contributed by atoms with van der Waals surface area (Å²) in [5, 5.41) is 1.11. The molecule has 1 aromatic carbocycles. The van der Waals surface area contributed by atoms with Crippen LogP contribution in [-0.2, 0) is 6.54 Å². The Morgan fingerprint density at radius 3 is 2.62 bits per heavy atom. The Morgan fingerprint density at radius 2 is 2.00 bits per heavy atom. The molecule has 1 aliphatic rings. The summed E-state index contributed by atoms with van der Waals surface area (Å²) in [6.07, 6.45) is 2.01. The maximum atomic E-state index is 6.08. The van der Waals surface area contributed by atoms with Crippen LogP contribution in [0, 0.1) is 12.8 Å². The fourth-order valence-electron chi connectivity index (χ4n) is 2.65. The minimum atomic E-state index is 0. The van der Waals surface area contributed by atoms with Crippen LogP contribution in [0.1, 0.15) is 17.4 Å². The van der Waals surface area contributed by atoms with Gasteiger partial charge in [0.05, 0.1) is 0 Å². The zero-order chi connectivity index (χ0) is 14.1. The Balaban J connectivity index is 0.00000161. The van der Waals surface area contributed by atoms with Gasteiger partial charge in [0, 0.05) is 42.3 Å². The maximum Gasteiger partial charge on any atom is 0.123 e. The van der Waals surface area contributed by atoms with Gasteiger partial charge in [-0.15, -0.1) is 23.7 Å². The van der Waals surface area contributed by atoms with Gasteiger partial charge in [-0.05, 0) is 12.8 Å². The molecule has 1 aliphatic heterocycles. The van der Waals surface area contributed by atoms with Crippen molar-refractivity contribution in [1.29, 1.82) is 0 Å². The predicted octanol–water partition coefficient (Wildman–Crippen LogP) is 3.32. The van der Waals surface area contributed by atoms with Crippen molar-refractivity contribution in [2.75, 3.05) is 13.1 Å². The first kappa shape index (κ1) is 16.4. The van der Waals surface area contributed by atoms with Crippen molar-refractivity contribution >= 4 is 23.7 Å². The molecule has 1 aromatic heterocycles. The Labute approximate surface area is 136 Å². The summed E-state index contributed by atoms with van der Waals surface area (Å²) in [5.74, 6) is 0.597. The molecule has 1 saturated heterocycles. The van der Waals surface area contributed by atoms with Crippen LogP contribution in [0.2, 0.25) is 0 Å². The van der Waals surface area contributed by atoms with E-state index in [4.69, 9.17) is 5.73 Å². The van der Waals surface area contributed by atoms with E-state index < -0.39 is 0 Å². The first-order valence-corrected chi connectivity index (χ1v) is 7.93. The number of benzene rings is 1. The number of likely N-dealkylation sites (tertiary alicyclic amines) is 1. The van der Waals surface area contributed by atoms with E-state index in [1.165, 1.54) is 16.0 Å². The fraction of sp³-hybridized carbons (Fsp3) is 0.438. The van der Waals surface area contributed by atoms with Crippen LogP contribution >= 0.6 is 23.7 Å². The maximum absolute atomic E-state index is 6.08.